The monoisotopic (exact) mass is 262 g/mol. The van der Waals surface area contributed by atoms with Gasteiger partial charge in [-0.2, -0.15) is 10.2 Å². The van der Waals surface area contributed by atoms with Gasteiger partial charge >= 0.3 is 0 Å². The van der Waals surface area contributed by atoms with E-state index < -0.39 is 0 Å². The molecule has 0 aliphatic carbocycles. The summed E-state index contributed by atoms with van der Waals surface area (Å²) < 4.78 is 1.55. The number of aryl methyl sites for hydroxylation is 1. The van der Waals surface area contributed by atoms with Crippen molar-refractivity contribution in [1.29, 1.82) is 0 Å². The second-order valence-electron chi connectivity index (χ2n) is 3.60. The number of hydrogen-bond acceptors (Lipinski definition) is 3. The SMILES string of the molecule is Cn1ccc(C(=O)N/N=C\c2ccccc2Cl)n1. The van der Waals surface area contributed by atoms with Crippen LogP contribution in [0.2, 0.25) is 5.02 Å². The van der Waals surface area contributed by atoms with Gasteiger partial charge < -0.3 is 0 Å². The van der Waals surface area contributed by atoms with Crippen molar-refractivity contribution in [3.63, 3.8) is 0 Å². The molecule has 1 aromatic heterocycles. The Kier molecular flexibility index (Phi) is 3.74. The van der Waals surface area contributed by atoms with E-state index >= 15 is 0 Å². The second-order valence-corrected chi connectivity index (χ2v) is 4.00. The van der Waals surface area contributed by atoms with E-state index in [0.717, 1.165) is 5.56 Å². The molecule has 0 radical (unpaired) electrons. The molecule has 0 aliphatic rings. The van der Waals surface area contributed by atoms with Crippen molar-refractivity contribution >= 4 is 23.7 Å². The zero-order chi connectivity index (χ0) is 13.0. The average molecular weight is 263 g/mol. The third-order valence-corrected chi connectivity index (χ3v) is 2.57. The Hall–Kier alpha value is -2.14. The molecule has 0 fully saturated rings. The number of hydrazone groups is 1. The fourth-order valence-electron chi connectivity index (χ4n) is 1.33. The van der Waals surface area contributed by atoms with Gasteiger partial charge in [-0.3, -0.25) is 9.48 Å². The van der Waals surface area contributed by atoms with Crippen LogP contribution in [0.1, 0.15) is 16.1 Å². The molecular weight excluding hydrogens is 252 g/mol. The average Bonchev–Trinajstić information content (AvgIpc) is 2.78. The molecule has 0 bridgehead atoms. The van der Waals surface area contributed by atoms with Crippen LogP contribution < -0.4 is 5.43 Å². The largest absolute Gasteiger partial charge is 0.291 e. The van der Waals surface area contributed by atoms with Crippen LogP contribution in [-0.2, 0) is 7.05 Å². The molecule has 1 amide bonds. The number of hydrogen-bond donors (Lipinski definition) is 1. The molecule has 92 valence electrons. The lowest BCUT2D eigenvalue weighted by Crippen LogP contribution is -2.18. The van der Waals surface area contributed by atoms with Crippen LogP contribution in [0.5, 0.6) is 0 Å². The number of amides is 1. The Labute approximate surface area is 109 Å². The van der Waals surface area contributed by atoms with Crippen molar-refractivity contribution < 1.29 is 4.79 Å². The fourth-order valence-corrected chi connectivity index (χ4v) is 1.52. The Bertz CT molecular complexity index is 591. The number of carbonyl (C=O) groups excluding carboxylic acids is 1. The highest BCUT2D eigenvalue weighted by atomic mass is 35.5. The topological polar surface area (TPSA) is 59.3 Å². The quantitative estimate of drug-likeness (QED) is 0.678. The predicted octanol–water partition coefficient (Wildman–Crippen LogP) is 1.84. The van der Waals surface area contributed by atoms with Gasteiger partial charge in [-0.25, -0.2) is 5.43 Å². The summed E-state index contributed by atoms with van der Waals surface area (Å²) in [4.78, 5) is 11.6. The highest BCUT2D eigenvalue weighted by Gasteiger charge is 2.06. The van der Waals surface area contributed by atoms with Gasteiger partial charge in [0.15, 0.2) is 5.69 Å². The molecule has 0 spiro atoms. The van der Waals surface area contributed by atoms with Crippen LogP contribution in [0.3, 0.4) is 0 Å². The highest BCUT2D eigenvalue weighted by Crippen LogP contribution is 2.11. The van der Waals surface area contributed by atoms with Crippen molar-refractivity contribution in [2.45, 2.75) is 0 Å². The van der Waals surface area contributed by atoms with E-state index in [9.17, 15) is 4.79 Å². The normalized spacial score (nSPS) is 10.8. The lowest BCUT2D eigenvalue weighted by atomic mass is 10.2. The zero-order valence-electron chi connectivity index (χ0n) is 9.67. The molecule has 0 saturated heterocycles. The lowest BCUT2D eigenvalue weighted by molar-refractivity contribution is 0.0949. The first kappa shape index (κ1) is 12.3. The maximum Gasteiger partial charge on any atom is 0.291 e. The summed E-state index contributed by atoms with van der Waals surface area (Å²) in [5, 5.41) is 8.37. The maximum atomic E-state index is 11.6. The van der Waals surface area contributed by atoms with E-state index in [1.807, 2.05) is 12.1 Å². The Morgan fingerprint density at radius 3 is 2.89 bits per heavy atom. The predicted molar refractivity (Wildman–Crippen MR) is 69.7 cm³/mol. The molecular formula is C12H11ClN4O. The number of nitrogens with zero attached hydrogens (tertiary/aromatic N) is 3. The molecule has 5 nitrogen and oxygen atoms in total. The van der Waals surface area contributed by atoms with Gasteiger partial charge in [0.05, 0.1) is 6.21 Å². The fraction of sp³-hybridized carbons (Fsp3) is 0.0833. The van der Waals surface area contributed by atoms with Gasteiger partial charge in [-0.15, -0.1) is 0 Å². The van der Waals surface area contributed by atoms with Crippen LogP contribution in [-0.4, -0.2) is 21.9 Å². The van der Waals surface area contributed by atoms with E-state index in [0.29, 0.717) is 10.7 Å². The molecule has 6 heteroatoms. The van der Waals surface area contributed by atoms with Gasteiger partial charge in [0.1, 0.15) is 0 Å². The molecule has 0 saturated carbocycles. The molecule has 0 atom stereocenters. The summed E-state index contributed by atoms with van der Waals surface area (Å²) in [5.74, 6) is -0.362. The minimum atomic E-state index is -0.362. The zero-order valence-corrected chi connectivity index (χ0v) is 10.4. The highest BCUT2D eigenvalue weighted by molar-refractivity contribution is 6.33. The van der Waals surface area contributed by atoms with Gasteiger partial charge in [0.25, 0.3) is 5.91 Å². The van der Waals surface area contributed by atoms with Crippen LogP contribution >= 0.6 is 11.6 Å². The first-order chi connectivity index (χ1) is 8.66. The Morgan fingerprint density at radius 1 is 1.44 bits per heavy atom. The standard InChI is InChI=1S/C12H11ClN4O/c1-17-7-6-11(16-17)12(18)15-14-8-9-4-2-3-5-10(9)13/h2-8H,1H3,(H,15,18)/b14-8-. The first-order valence-electron chi connectivity index (χ1n) is 5.24. The molecule has 0 unspecified atom stereocenters. The summed E-state index contributed by atoms with van der Waals surface area (Å²) in [6.45, 7) is 0. The number of carbonyl (C=O) groups is 1. The van der Waals surface area contributed by atoms with Crippen molar-refractivity contribution in [2.24, 2.45) is 12.1 Å². The minimum absolute atomic E-state index is 0.314. The van der Waals surface area contributed by atoms with Gasteiger partial charge in [-0.05, 0) is 12.1 Å². The van der Waals surface area contributed by atoms with Crippen molar-refractivity contribution in [3.8, 4) is 0 Å². The van der Waals surface area contributed by atoms with E-state index in [1.54, 1.807) is 36.1 Å². The van der Waals surface area contributed by atoms with E-state index in [2.05, 4.69) is 15.6 Å². The third kappa shape index (κ3) is 2.95. The van der Waals surface area contributed by atoms with Crippen molar-refractivity contribution in [3.05, 3.63) is 52.8 Å². The van der Waals surface area contributed by atoms with Crippen LogP contribution in [0, 0.1) is 0 Å². The third-order valence-electron chi connectivity index (χ3n) is 2.22. The smallest absolute Gasteiger partial charge is 0.275 e. The van der Waals surface area contributed by atoms with Gasteiger partial charge in [0.2, 0.25) is 0 Å². The number of halogens is 1. The van der Waals surface area contributed by atoms with Crippen molar-refractivity contribution in [2.75, 3.05) is 0 Å². The second kappa shape index (κ2) is 5.46. The molecule has 2 aromatic rings. The maximum absolute atomic E-state index is 11.6. The molecule has 1 heterocycles. The van der Waals surface area contributed by atoms with Crippen LogP contribution in [0.4, 0.5) is 0 Å². The molecule has 2 rings (SSSR count). The summed E-state index contributed by atoms with van der Waals surface area (Å²) in [6, 6.07) is 8.84. The van der Waals surface area contributed by atoms with E-state index in [4.69, 9.17) is 11.6 Å². The lowest BCUT2D eigenvalue weighted by Gasteiger charge is -1.97. The van der Waals surface area contributed by atoms with Crippen LogP contribution in [0.25, 0.3) is 0 Å². The summed E-state index contributed by atoms with van der Waals surface area (Å²) in [5.41, 5.74) is 3.43. The number of nitrogens with one attached hydrogen (secondary N) is 1. The summed E-state index contributed by atoms with van der Waals surface area (Å²) >= 11 is 5.94. The number of aromatic nitrogens is 2. The molecule has 18 heavy (non-hydrogen) atoms. The van der Waals surface area contributed by atoms with Gasteiger partial charge in [0, 0.05) is 23.8 Å². The minimum Gasteiger partial charge on any atom is -0.275 e. The van der Waals surface area contributed by atoms with Gasteiger partial charge in [-0.1, -0.05) is 29.8 Å². The Balaban J connectivity index is 2.00. The number of benzene rings is 1. The summed E-state index contributed by atoms with van der Waals surface area (Å²) in [6.07, 6.45) is 3.18. The van der Waals surface area contributed by atoms with Crippen LogP contribution in [0.15, 0.2) is 41.6 Å². The summed E-state index contributed by atoms with van der Waals surface area (Å²) in [7, 11) is 1.74. The van der Waals surface area contributed by atoms with Crippen molar-refractivity contribution in [1.82, 2.24) is 15.2 Å². The number of rotatable bonds is 3. The van der Waals surface area contributed by atoms with E-state index in [-0.39, 0.29) is 5.91 Å². The first-order valence-corrected chi connectivity index (χ1v) is 5.62. The Morgan fingerprint density at radius 2 is 2.22 bits per heavy atom. The molecule has 0 aliphatic heterocycles. The van der Waals surface area contributed by atoms with E-state index in [1.165, 1.54) is 6.21 Å². The molecule has 1 N–H and O–H groups in total. The molecule has 1 aromatic carbocycles.